The predicted octanol–water partition coefficient (Wildman–Crippen LogP) is 1.02. The number of nitriles is 1. The summed E-state index contributed by atoms with van der Waals surface area (Å²) in [5.74, 6) is 0.751. The highest BCUT2D eigenvalue weighted by Crippen LogP contribution is 2.27. The normalized spacial score (nSPS) is 21.5. The molecule has 0 unspecified atom stereocenters. The molecule has 0 aliphatic carbocycles. The fourth-order valence-corrected chi connectivity index (χ4v) is 2.81. The van der Waals surface area contributed by atoms with Crippen molar-refractivity contribution in [1.29, 1.82) is 5.26 Å². The smallest absolute Gasteiger partial charge is 0.146 e. The van der Waals surface area contributed by atoms with Crippen molar-refractivity contribution in [1.82, 2.24) is 15.2 Å². The van der Waals surface area contributed by atoms with Gasteiger partial charge in [0.05, 0.1) is 17.4 Å². The molecule has 0 spiro atoms. The summed E-state index contributed by atoms with van der Waals surface area (Å²) in [5.41, 5.74) is 2.52. The van der Waals surface area contributed by atoms with E-state index in [1.54, 1.807) is 18.3 Å². The first-order valence-corrected chi connectivity index (χ1v) is 6.96. The number of pyridine rings is 1. The molecular weight excluding hydrogens is 266 g/mol. The molecule has 2 aromatic heterocycles. The second kappa shape index (κ2) is 5.54. The molecule has 2 aromatic rings. The van der Waals surface area contributed by atoms with E-state index in [9.17, 15) is 5.11 Å². The number of aromatic nitrogens is 3. The zero-order valence-corrected chi connectivity index (χ0v) is 11.8. The van der Waals surface area contributed by atoms with Crippen LogP contribution in [0.4, 0.5) is 5.82 Å². The van der Waals surface area contributed by atoms with Crippen molar-refractivity contribution >= 4 is 5.82 Å². The lowest BCUT2D eigenvalue weighted by atomic mass is 10.0. The molecule has 2 N–H and O–H groups in total. The number of aryl methyl sites for hydroxylation is 1. The molecule has 108 valence electrons. The van der Waals surface area contributed by atoms with Gasteiger partial charge in [-0.05, 0) is 31.5 Å². The number of H-pyrrole nitrogens is 1. The van der Waals surface area contributed by atoms with Crippen LogP contribution < -0.4 is 4.90 Å². The number of nitrogens with one attached hydrogen (secondary N) is 1. The van der Waals surface area contributed by atoms with Gasteiger partial charge in [0.1, 0.15) is 11.9 Å². The Balaban J connectivity index is 1.75. The van der Waals surface area contributed by atoms with Gasteiger partial charge in [0.25, 0.3) is 0 Å². The minimum absolute atomic E-state index is 0.0984. The maximum Gasteiger partial charge on any atom is 0.146 e. The number of hydrogen-bond acceptors (Lipinski definition) is 5. The predicted molar refractivity (Wildman–Crippen MR) is 77.7 cm³/mol. The lowest BCUT2D eigenvalue weighted by molar-refractivity contribution is 0.148. The van der Waals surface area contributed by atoms with E-state index in [-0.39, 0.29) is 5.92 Å². The molecule has 1 fully saturated rings. The number of aliphatic hydroxyl groups is 1. The molecule has 0 radical (unpaired) electrons. The number of aromatic amines is 1. The van der Waals surface area contributed by atoms with Crippen LogP contribution in [-0.4, -0.2) is 39.5 Å². The first-order chi connectivity index (χ1) is 10.2. The van der Waals surface area contributed by atoms with Gasteiger partial charge < -0.3 is 10.0 Å². The summed E-state index contributed by atoms with van der Waals surface area (Å²) < 4.78 is 0. The molecule has 2 atom stereocenters. The van der Waals surface area contributed by atoms with Crippen molar-refractivity contribution in [2.24, 2.45) is 5.92 Å². The van der Waals surface area contributed by atoms with Crippen molar-refractivity contribution < 1.29 is 5.11 Å². The van der Waals surface area contributed by atoms with E-state index < -0.39 is 6.10 Å². The van der Waals surface area contributed by atoms with Crippen LogP contribution in [-0.2, 0) is 6.42 Å². The highest BCUT2D eigenvalue weighted by atomic mass is 16.3. The Morgan fingerprint density at radius 1 is 1.52 bits per heavy atom. The monoisotopic (exact) mass is 283 g/mol. The van der Waals surface area contributed by atoms with Gasteiger partial charge in [-0.2, -0.15) is 10.4 Å². The van der Waals surface area contributed by atoms with E-state index in [4.69, 9.17) is 5.26 Å². The number of rotatable bonds is 3. The Kier molecular flexibility index (Phi) is 3.59. The molecular formula is C15H17N5O. The molecule has 3 heterocycles. The van der Waals surface area contributed by atoms with E-state index in [0.29, 0.717) is 24.5 Å². The molecule has 0 saturated carbocycles. The Morgan fingerprint density at radius 2 is 2.38 bits per heavy atom. The summed E-state index contributed by atoms with van der Waals surface area (Å²) in [6.45, 7) is 3.14. The number of β-amino-alcohol motifs (C(OH)–C–C–N with tert-alkyl or cyclic N) is 1. The fraction of sp³-hybridized carbons (Fsp3) is 0.400. The topological polar surface area (TPSA) is 88.8 Å². The number of anilines is 1. The highest BCUT2D eigenvalue weighted by molar-refractivity contribution is 5.54. The molecule has 3 rings (SSSR count). The first-order valence-electron chi connectivity index (χ1n) is 6.96. The molecule has 21 heavy (non-hydrogen) atoms. The van der Waals surface area contributed by atoms with Crippen LogP contribution in [0.2, 0.25) is 0 Å². The van der Waals surface area contributed by atoms with Crippen LogP contribution in [0.3, 0.4) is 0 Å². The van der Waals surface area contributed by atoms with Crippen LogP contribution >= 0.6 is 0 Å². The summed E-state index contributed by atoms with van der Waals surface area (Å²) in [6, 6.07) is 7.65. The third-order valence-corrected chi connectivity index (χ3v) is 3.84. The Labute approximate surface area is 123 Å². The lowest BCUT2D eigenvalue weighted by Crippen LogP contribution is -2.23. The van der Waals surface area contributed by atoms with Gasteiger partial charge >= 0.3 is 0 Å². The average molecular weight is 283 g/mol. The second-order valence-corrected chi connectivity index (χ2v) is 5.47. The SMILES string of the molecule is Cc1cc(C[C@@H]2CN(c3ncccc3C#N)C[C@@H]2O)n[nH]1. The van der Waals surface area contributed by atoms with Crippen molar-refractivity contribution in [2.75, 3.05) is 18.0 Å². The fourth-order valence-electron chi connectivity index (χ4n) is 2.81. The van der Waals surface area contributed by atoms with Crippen molar-refractivity contribution in [3.05, 3.63) is 41.3 Å². The lowest BCUT2D eigenvalue weighted by Gasteiger charge is -2.17. The summed E-state index contributed by atoms with van der Waals surface area (Å²) in [4.78, 5) is 6.26. The van der Waals surface area contributed by atoms with E-state index in [0.717, 1.165) is 17.8 Å². The zero-order chi connectivity index (χ0) is 14.8. The van der Waals surface area contributed by atoms with Gasteiger partial charge in [-0.1, -0.05) is 0 Å². The second-order valence-electron chi connectivity index (χ2n) is 5.47. The first kappa shape index (κ1) is 13.6. The molecule has 1 aliphatic heterocycles. The largest absolute Gasteiger partial charge is 0.391 e. The molecule has 6 heteroatoms. The summed E-state index contributed by atoms with van der Waals surface area (Å²) in [7, 11) is 0. The summed E-state index contributed by atoms with van der Waals surface area (Å²) in [6.07, 6.45) is 1.96. The van der Waals surface area contributed by atoms with E-state index in [1.165, 1.54) is 0 Å². The summed E-state index contributed by atoms with van der Waals surface area (Å²) in [5, 5.41) is 26.6. The third kappa shape index (κ3) is 2.73. The Bertz CT molecular complexity index is 675. The minimum Gasteiger partial charge on any atom is -0.391 e. The van der Waals surface area contributed by atoms with Gasteiger partial charge in [0, 0.05) is 30.9 Å². The molecule has 0 amide bonds. The maximum atomic E-state index is 10.3. The summed E-state index contributed by atoms with van der Waals surface area (Å²) >= 11 is 0. The van der Waals surface area contributed by atoms with Gasteiger partial charge in [-0.3, -0.25) is 5.10 Å². The number of aliphatic hydroxyl groups excluding tert-OH is 1. The highest BCUT2D eigenvalue weighted by Gasteiger charge is 2.33. The van der Waals surface area contributed by atoms with Crippen LogP contribution in [0.25, 0.3) is 0 Å². The van der Waals surface area contributed by atoms with Crippen LogP contribution in [0.1, 0.15) is 17.0 Å². The Morgan fingerprint density at radius 3 is 3.10 bits per heavy atom. The van der Waals surface area contributed by atoms with Gasteiger partial charge in [0.15, 0.2) is 0 Å². The van der Waals surface area contributed by atoms with Gasteiger partial charge in [0.2, 0.25) is 0 Å². The average Bonchev–Trinajstić information content (AvgIpc) is 3.06. The molecule has 0 bridgehead atoms. The standard InChI is InChI=1S/C15H17N5O/c1-10-5-13(19-18-10)6-12-8-20(9-14(12)21)15-11(7-16)3-2-4-17-15/h2-5,12,14,21H,6,8-9H2,1H3,(H,18,19)/t12-,14+/m1/s1. The molecule has 1 saturated heterocycles. The van der Waals surface area contributed by atoms with E-state index in [1.807, 2.05) is 17.9 Å². The third-order valence-electron chi connectivity index (χ3n) is 3.84. The molecule has 6 nitrogen and oxygen atoms in total. The molecule has 1 aliphatic rings. The van der Waals surface area contributed by atoms with Crippen LogP contribution in [0.15, 0.2) is 24.4 Å². The zero-order valence-electron chi connectivity index (χ0n) is 11.8. The van der Waals surface area contributed by atoms with E-state index >= 15 is 0 Å². The van der Waals surface area contributed by atoms with Crippen molar-refractivity contribution in [3.63, 3.8) is 0 Å². The number of nitrogens with zero attached hydrogens (tertiary/aromatic N) is 4. The quantitative estimate of drug-likeness (QED) is 0.878. The van der Waals surface area contributed by atoms with Gasteiger partial charge in [-0.25, -0.2) is 4.98 Å². The van der Waals surface area contributed by atoms with Crippen LogP contribution in [0, 0.1) is 24.2 Å². The van der Waals surface area contributed by atoms with E-state index in [2.05, 4.69) is 21.3 Å². The van der Waals surface area contributed by atoms with Crippen molar-refractivity contribution in [2.45, 2.75) is 19.4 Å². The Hall–Kier alpha value is -2.39. The van der Waals surface area contributed by atoms with Crippen LogP contribution in [0.5, 0.6) is 0 Å². The van der Waals surface area contributed by atoms with Gasteiger partial charge in [-0.15, -0.1) is 0 Å². The minimum atomic E-state index is -0.435. The van der Waals surface area contributed by atoms with Crippen molar-refractivity contribution in [3.8, 4) is 6.07 Å². The maximum absolute atomic E-state index is 10.3. The molecule has 0 aromatic carbocycles. The number of hydrogen-bond donors (Lipinski definition) is 2.